The zero-order valence-corrected chi connectivity index (χ0v) is 14.9. The Hall–Kier alpha value is -1.40. The van der Waals surface area contributed by atoms with E-state index in [-0.39, 0.29) is 0 Å². The molecule has 0 atom stereocenters. The SMILES string of the molecule is CCN1CCN(c2cc(N3CCC4(CCNCC4)C3)ncn2)CC1. The van der Waals surface area contributed by atoms with Crippen LogP contribution in [-0.2, 0) is 0 Å². The number of anilines is 2. The summed E-state index contributed by atoms with van der Waals surface area (Å²) in [7, 11) is 0. The van der Waals surface area contributed by atoms with Gasteiger partial charge in [-0.3, -0.25) is 0 Å². The Bertz CT molecular complexity index is 548. The van der Waals surface area contributed by atoms with Crippen molar-refractivity contribution in [2.75, 3.05) is 68.7 Å². The van der Waals surface area contributed by atoms with Gasteiger partial charge >= 0.3 is 0 Å². The van der Waals surface area contributed by atoms with Gasteiger partial charge in [-0.15, -0.1) is 0 Å². The molecule has 6 heteroatoms. The second-order valence-corrected chi connectivity index (χ2v) is 7.58. The summed E-state index contributed by atoms with van der Waals surface area (Å²) in [4.78, 5) is 16.5. The van der Waals surface area contributed by atoms with Gasteiger partial charge in [-0.05, 0) is 44.3 Å². The molecule has 1 N–H and O–H groups in total. The molecule has 0 aromatic carbocycles. The lowest BCUT2D eigenvalue weighted by molar-refractivity contribution is 0.232. The summed E-state index contributed by atoms with van der Waals surface area (Å²) < 4.78 is 0. The van der Waals surface area contributed by atoms with E-state index in [0.717, 1.165) is 57.4 Å². The van der Waals surface area contributed by atoms with Crippen LogP contribution in [-0.4, -0.2) is 73.8 Å². The lowest BCUT2D eigenvalue weighted by atomic mass is 9.78. The summed E-state index contributed by atoms with van der Waals surface area (Å²) in [6.07, 6.45) is 5.67. The van der Waals surface area contributed by atoms with Crippen molar-refractivity contribution in [3.05, 3.63) is 12.4 Å². The number of aromatic nitrogens is 2. The van der Waals surface area contributed by atoms with Crippen LogP contribution in [0.5, 0.6) is 0 Å². The van der Waals surface area contributed by atoms with Crippen molar-refractivity contribution >= 4 is 11.6 Å². The fourth-order valence-corrected chi connectivity index (χ4v) is 4.47. The van der Waals surface area contributed by atoms with Crippen molar-refractivity contribution in [1.82, 2.24) is 20.2 Å². The van der Waals surface area contributed by atoms with Gasteiger partial charge in [0.05, 0.1) is 0 Å². The molecule has 1 spiro atoms. The van der Waals surface area contributed by atoms with Gasteiger partial charge in [0.1, 0.15) is 18.0 Å². The van der Waals surface area contributed by atoms with E-state index >= 15 is 0 Å². The Morgan fingerprint density at radius 1 is 0.958 bits per heavy atom. The average molecular weight is 330 g/mol. The van der Waals surface area contributed by atoms with E-state index in [1.54, 1.807) is 6.33 Å². The average Bonchev–Trinajstić information content (AvgIpc) is 3.06. The molecule has 0 aliphatic carbocycles. The summed E-state index contributed by atoms with van der Waals surface area (Å²) in [5, 5.41) is 3.50. The Labute approximate surface area is 145 Å². The molecule has 0 saturated carbocycles. The molecule has 0 radical (unpaired) electrons. The molecule has 6 nitrogen and oxygen atoms in total. The standard InChI is InChI=1S/C18H30N6/c1-2-22-9-11-23(12-10-22)16-13-17(21-15-20-16)24-8-5-18(14-24)3-6-19-7-4-18/h13,15,19H,2-12,14H2,1H3. The van der Waals surface area contributed by atoms with Crippen molar-refractivity contribution in [3.63, 3.8) is 0 Å². The van der Waals surface area contributed by atoms with Gasteiger partial charge in [-0.1, -0.05) is 6.92 Å². The third-order valence-corrected chi connectivity index (χ3v) is 6.21. The second kappa shape index (κ2) is 6.84. The number of nitrogens with zero attached hydrogens (tertiary/aromatic N) is 5. The van der Waals surface area contributed by atoms with Crippen molar-refractivity contribution < 1.29 is 0 Å². The monoisotopic (exact) mass is 330 g/mol. The fraction of sp³-hybridized carbons (Fsp3) is 0.778. The van der Waals surface area contributed by atoms with Crippen molar-refractivity contribution in [2.24, 2.45) is 5.41 Å². The molecule has 0 bridgehead atoms. The van der Waals surface area contributed by atoms with Crippen LogP contribution in [0.3, 0.4) is 0 Å². The molecular formula is C18H30N6. The van der Waals surface area contributed by atoms with Crippen LogP contribution in [0.25, 0.3) is 0 Å². The first-order valence-corrected chi connectivity index (χ1v) is 9.53. The normalized spacial score (nSPS) is 24.7. The molecule has 132 valence electrons. The molecule has 24 heavy (non-hydrogen) atoms. The molecule has 4 rings (SSSR count). The van der Waals surface area contributed by atoms with Crippen molar-refractivity contribution in [2.45, 2.75) is 26.2 Å². The molecule has 1 aromatic heterocycles. The van der Waals surface area contributed by atoms with E-state index in [1.165, 1.54) is 32.4 Å². The van der Waals surface area contributed by atoms with Gasteiger partial charge in [0, 0.05) is 45.3 Å². The second-order valence-electron chi connectivity index (χ2n) is 7.58. The first-order valence-electron chi connectivity index (χ1n) is 9.53. The molecule has 1 aromatic rings. The number of hydrogen-bond donors (Lipinski definition) is 1. The highest BCUT2D eigenvalue weighted by atomic mass is 15.3. The first kappa shape index (κ1) is 16.1. The minimum absolute atomic E-state index is 0.517. The summed E-state index contributed by atoms with van der Waals surface area (Å²) >= 11 is 0. The summed E-state index contributed by atoms with van der Waals surface area (Å²) in [5.41, 5.74) is 0.517. The smallest absolute Gasteiger partial charge is 0.134 e. The fourth-order valence-electron chi connectivity index (χ4n) is 4.47. The summed E-state index contributed by atoms with van der Waals surface area (Å²) in [5.74, 6) is 2.22. The van der Waals surface area contributed by atoms with Crippen LogP contribution in [0.2, 0.25) is 0 Å². The number of rotatable bonds is 3. The lowest BCUT2D eigenvalue weighted by Crippen LogP contribution is -2.46. The molecule has 0 amide bonds. The quantitative estimate of drug-likeness (QED) is 0.899. The summed E-state index contributed by atoms with van der Waals surface area (Å²) in [6.45, 7) is 12.4. The van der Waals surface area contributed by atoms with Gasteiger partial charge in [0.2, 0.25) is 0 Å². The maximum absolute atomic E-state index is 4.59. The number of piperidine rings is 1. The predicted molar refractivity (Wildman–Crippen MR) is 97.7 cm³/mol. The van der Waals surface area contributed by atoms with E-state index in [9.17, 15) is 0 Å². The largest absolute Gasteiger partial charge is 0.356 e. The number of likely N-dealkylation sites (N-methyl/N-ethyl adjacent to an activating group) is 1. The zero-order valence-electron chi connectivity index (χ0n) is 14.9. The minimum Gasteiger partial charge on any atom is -0.356 e. The first-order chi connectivity index (χ1) is 11.8. The number of hydrogen-bond acceptors (Lipinski definition) is 6. The van der Waals surface area contributed by atoms with Gasteiger partial charge in [-0.2, -0.15) is 0 Å². The zero-order chi connectivity index (χ0) is 16.4. The van der Waals surface area contributed by atoms with Crippen molar-refractivity contribution in [3.8, 4) is 0 Å². The maximum Gasteiger partial charge on any atom is 0.134 e. The topological polar surface area (TPSA) is 47.5 Å². The van der Waals surface area contributed by atoms with Crippen LogP contribution in [0.15, 0.2) is 12.4 Å². The summed E-state index contributed by atoms with van der Waals surface area (Å²) in [6, 6.07) is 2.21. The predicted octanol–water partition coefficient (Wildman–Crippen LogP) is 1.20. The Morgan fingerprint density at radius 3 is 2.38 bits per heavy atom. The highest BCUT2D eigenvalue weighted by Crippen LogP contribution is 2.40. The van der Waals surface area contributed by atoms with E-state index in [4.69, 9.17) is 0 Å². The Balaban J connectivity index is 1.43. The third kappa shape index (κ3) is 3.22. The number of nitrogens with one attached hydrogen (secondary N) is 1. The molecule has 3 fully saturated rings. The molecule has 4 heterocycles. The minimum atomic E-state index is 0.517. The number of piperazine rings is 1. The van der Waals surface area contributed by atoms with Crippen LogP contribution in [0, 0.1) is 5.41 Å². The molecule has 3 saturated heterocycles. The van der Waals surface area contributed by atoms with Gasteiger partial charge < -0.3 is 20.0 Å². The van der Waals surface area contributed by atoms with Crippen LogP contribution < -0.4 is 15.1 Å². The Morgan fingerprint density at radius 2 is 1.67 bits per heavy atom. The lowest BCUT2D eigenvalue weighted by Gasteiger charge is -2.35. The van der Waals surface area contributed by atoms with Crippen molar-refractivity contribution in [1.29, 1.82) is 0 Å². The van der Waals surface area contributed by atoms with E-state index in [2.05, 4.69) is 43.0 Å². The molecule has 3 aliphatic heterocycles. The van der Waals surface area contributed by atoms with Gasteiger partial charge in [-0.25, -0.2) is 9.97 Å². The van der Waals surface area contributed by atoms with E-state index in [0.29, 0.717) is 5.41 Å². The van der Waals surface area contributed by atoms with E-state index < -0.39 is 0 Å². The third-order valence-electron chi connectivity index (χ3n) is 6.21. The van der Waals surface area contributed by atoms with Crippen LogP contribution >= 0.6 is 0 Å². The highest BCUT2D eigenvalue weighted by molar-refractivity contribution is 5.51. The highest BCUT2D eigenvalue weighted by Gasteiger charge is 2.39. The Kier molecular flexibility index (Phi) is 4.59. The molecule has 3 aliphatic rings. The van der Waals surface area contributed by atoms with Gasteiger partial charge in [0.15, 0.2) is 0 Å². The molecule has 0 unspecified atom stereocenters. The van der Waals surface area contributed by atoms with Gasteiger partial charge in [0.25, 0.3) is 0 Å². The van der Waals surface area contributed by atoms with E-state index in [1.807, 2.05) is 0 Å². The maximum atomic E-state index is 4.59. The molecular weight excluding hydrogens is 300 g/mol. The van der Waals surface area contributed by atoms with Crippen LogP contribution in [0.4, 0.5) is 11.6 Å². The van der Waals surface area contributed by atoms with Crippen LogP contribution in [0.1, 0.15) is 26.2 Å².